The predicted octanol–water partition coefficient (Wildman–Crippen LogP) is 2.32. The molecule has 0 fully saturated rings. The lowest BCUT2D eigenvalue weighted by Crippen LogP contribution is -2.06. The summed E-state index contributed by atoms with van der Waals surface area (Å²) in [6.45, 7) is 0.620. The molecule has 0 aliphatic carbocycles. The summed E-state index contributed by atoms with van der Waals surface area (Å²) in [4.78, 5) is 13.2. The smallest absolute Gasteiger partial charge is 0.324 e. The summed E-state index contributed by atoms with van der Waals surface area (Å²) in [5.41, 5.74) is 0. The Morgan fingerprint density at radius 1 is 1.22 bits per heavy atom. The van der Waals surface area contributed by atoms with Gasteiger partial charge in [0.15, 0.2) is 0 Å². The lowest BCUT2D eigenvalue weighted by Gasteiger charge is -2.06. The predicted molar refractivity (Wildman–Crippen MR) is 72.3 cm³/mol. The Morgan fingerprint density at radius 3 is 2.39 bits per heavy atom. The molecule has 96 valence electrons. The van der Waals surface area contributed by atoms with E-state index in [2.05, 4.69) is 36.2 Å². The number of rotatable bonds is 5. The summed E-state index contributed by atoms with van der Waals surface area (Å²) >= 11 is 5.11. The van der Waals surface area contributed by atoms with Crippen molar-refractivity contribution in [1.29, 1.82) is 0 Å². The van der Waals surface area contributed by atoms with E-state index in [4.69, 9.17) is 9.47 Å². The quantitative estimate of drug-likeness (QED) is 0.907. The van der Waals surface area contributed by atoms with E-state index in [1.807, 2.05) is 11.4 Å². The van der Waals surface area contributed by atoms with Crippen LogP contribution < -0.4 is 14.8 Å². The number of aromatic nitrogens is 3. The molecule has 0 aromatic carbocycles. The van der Waals surface area contributed by atoms with Crippen LogP contribution in [0, 0.1) is 0 Å². The number of ether oxygens (including phenoxy) is 2. The third kappa shape index (κ3) is 3.08. The average molecular weight is 331 g/mol. The maximum Gasteiger partial charge on any atom is 0.324 e. The van der Waals surface area contributed by atoms with E-state index in [9.17, 15) is 0 Å². The normalized spacial score (nSPS) is 10.2. The van der Waals surface area contributed by atoms with Crippen LogP contribution in [0.2, 0.25) is 0 Å². The molecule has 1 N–H and O–H groups in total. The van der Waals surface area contributed by atoms with E-state index >= 15 is 0 Å². The first-order valence-corrected chi connectivity index (χ1v) is 6.70. The molecule has 6 nitrogen and oxygen atoms in total. The van der Waals surface area contributed by atoms with Gasteiger partial charge in [0, 0.05) is 9.35 Å². The Bertz CT molecular complexity index is 512. The van der Waals surface area contributed by atoms with Gasteiger partial charge in [-0.1, -0.05) is 0 Å². The number of hydrogen-bond donors (Lipinski definition) is 1. The van der Waals surface area contributed by atoms with Crippen molar-refractivity contribution in [3.05, 3.63) is 20.8 Å². The van der Waals surface area contributed by atoms with Crippen LogP contribution in [0.4, 0.5) is 5.95 Å². The zero-order valence-corrected chi connectivity index (χ0v) is 12.2. The van der Waals surface area contributed by atoms with E-state index < -0.39 is 0 Å². The first kappa shape index (κ1) is 13.0. The van der Waals surface area contributed by atoms with Gasteiger partial charge >= 0.3 is 12.0 Å². The second-order valence-electron chi connectivity index (χ2n) is 3.18. The molecule has 0 unspecified atom stereocenters. The van der Waals surface area contributed by atoms with Crippen molar-refractivity contribution in [1.82, 2.24) is 15.0 Å². The second kappa shape index (κ2) is 5.96. The lowest BCUT2D eigenvalue weighted by molar-refractivity contribution is 0.341. The highest BCUT2D eigenvalue weighted by Gasteiger charge is 2.08. The van der Waals surface area contributed by atoms with Crippen LogP contribution in [0.1, 0.15) is 4.88 Å². The van der Waals surface area contributed by atoms with Crippen molar-refractivity contribution < 1.29 is 9.47 Å². The monoisotopic (exact) mass is 330 g/mol. The average Bonchev–Trinajstić information content (AvgIpc) is 2.81. The third-order valence-electron chi connectivity index (χ3n) is 2.06. The van der Waals surface area contributed by atoms with Gasteiger partial charge in [-0.05, 0) is 27.4 Å². The molecule has 0 saturated heterocycles. The number of anilines is 1. The van der Waals surface area contributed by atoms with Crippen LogP contribution in [-0.2, 0) is 6.54 Å². The van der Waals surface area contributed by atoms with Gasteiger partial charge in [-0.15, -0.1) is 16.3 Å². The van der Waals surface area contributed by atoms with E-state index in [-0.39, 0.29) is 12.0 Å². The molecular formula is C10H11BrN4O2S. The summed E-state index contributed by atoms with van der Waals surface area (Å²) in [6, 6.07) is 2.43. The van der Waals surface area contributed by atoms with Gasteiger partial charge in [-0.3, -0.25) is 0 Å². The van der Waals surface area contributed by atoms with Crippen molar-refractivity contribution in [3.8, 4) is 12.0 Å². The Balaban J connectivity index is 2.11. The minimum absolute atomic E-state index is 0.217. The molecule has 18 heavy (non-hydrogen) atoms. The van der Waals surface area contributed by atoms with Crippen LogP contribution in [0.3, 0.4) is 0 Å². The Morgan fingerprint density at radius 2 is 1.89 bits per heavy atom. The molecule has 2 aromatic heterocycles. The fourth-order valence-electron chi connectivity index (χ4n) is 1.21. The first-order chi connectivity index (χ1) is 8.72. The number of hydrogen-bond acceptors (Lipinski definition) is 7. The number of nitrogens with zero attached hydrogens (tertiary/aromatic N) is 3. The number of nitrogens with one attached hydrogen (secondary N) is 1. The van der Waals surface area contributed by atoms with Gasteiger partial charge in [0.2, 0.25) is 5.95 Å². The zero-order chi connectivity index (χ0) is 13.0. The topological polar surface area (TPSA) is 69.2 Å². The summed E-state index contributed by atoms with van der Waals surface area (Å²) in [5.74, 6) is 0.416. The highest BCUT2D eigenvalue weighted by Crippen LogP contribution is 2.23. The van der Waals surface area contributed by atoms with Gasteiger partial charge < -0.3 is 14.8 Å². The van der Waals surface area contributed by atoms with Crippen LogP contribution >= 0.6 is 27.3 Å². The van der Waals surface area contributed by atoms with Gasteiger partial charge in [-0.2, -0.15) is 9.97 Å². The van der Waals surface area contributed by atoms with Gasteiger partial charge in [0.1, 0.15) is 0 Å². The number of thiophene rings is 1. The summed E-state index contributed by atoms with van der Waals surface area (Å²) in [5, 5.41) is 5.11. The molecule has 0 atom stereocenters. The van der Waals surface area contributed by atoms with E-state index in [0.717, 1.165) is 9.35 Å². The van der Waals surface area contributed by atoms with E-state index in [0.29, 0.717) is 12.5 Å². The molecule has 2 rings (SSSR count). The van der Waals surface area contributed by atoms with Crippen molar-refractivity contribution in [2.24, 2.45) is 0 Å². The Hall–Kier alpha value is -1.41. The highest BCUT2D eigenvalue weighted by molar-refractivity contribution is 9.10. The molecule has 0 spiro atoms. The standard InChI is InChI=1S/C10H11BrN4O2S/c1-16-9-13-8(14-10(15-9)17-2)12-5-7-6(11)3-4-18-7/h3-4H,5H2,1-2H3,(H,12,13,14,15). The molecule has 0 aliphatic rings. The van der Waals surface area contributed by atoms with Gasteiger partial charge in [-0.25, -0.2) is 0 Å². The molecule has 2 heterocycles. The minimum atomic E-state index is 0.217. The highest BCUT2D eigenvalue weighted by atomic mass is 79.9. The lowest BCUT2D eigenvalue weighted by atomic mass is 10.5. The molecule has 0 bridgehead atoms. The molecule has 0 aliphatic heterocycles. The van der Waals surface area contributed by atoms with Crippen LogP contribution in [-0.4, -0.2) is 29.2 Å². The molecule has 0 radical (unpaired) electrons. The Kier molecular flexibility index (Phi) is 4.32. The number of methoxy groups -OCH3 is 2. The van der Waals surface area contributed by atoms with Crippen LogP contribution in [0.25, 0.3) is 0 Å². The summed E-state index contributed by atoms with van der Waals surface area (Å²) in [7, 11) is 2.99. The van der Waals surface area contributed by atoms with E-state index in [1.165, 1.54) is 14.2 Å². The second-order valence-corrected chi connectivity index (χ2v) is 5.03. The van der Waals surface area contributed by atoms with Crippen LogP contribution in [0.15, 0.2) is 15.9 Å². The number of halogens is 1. The molecule has 0 amide bonds. The molecule has 8 heteroatoms. The Labute approximate surface area is 117 Å². The minimum Gasteiger partial charge on any atom is -0.467 e. The maximum absolute atomic E-state index is 4.97. The van der Waals surface area contributed by atoms with Crippen molar-refractivity contribution in [3.63, 3.8) is 0 Å². The van der Waals surface area contributed by atoms with Crippen molar-refractivity contribution >= 4 is 33.2 Å². The molecular weight excluding hydrogens is 320 g/mol. The van der Waals surface area contributed by atoms with Crippen LogP contribution in [0.5, 0.6) is 12.0 Å². The van der Waals surface area contributed by atoms with Crippen molar-refractivity contribution in [2.75, 3.05) is 19.5 Å². The van der Waals surface area contributed by atoms with Gasteiger partial charge in [0.05, 0.1) is 20.8 Å². The van der Waals surface area contributed by atoms with Gasteiger partial charge in [0.25, 0.3) is 0 Å². The third-order valence-corrected chi connectivity index (χ3v) is 3.98. The molecule has 0 saturated carbocycles. The zero-order valence-electron chi connectivity index (χ0n) is 9.81. The molecule has 2 aromatic rings. The first-order valence-electron chi connectivity index (χ1n) is 5.02. The van der Waals surface area contributed by atoms with E-state index in [1.54, 1.807) is 11.3 Å². The fourth-order valence-corrected chi connectivity index (χ4v) is 2.64. The summed E-state index contributed by atoms with van der Waals surface area (Å²) in [6.07, 6.45) is 0. The maximum atomic E-state index is 4.97. The largest absolute Gasteiger partial charge is 0.467 e. The van der Waals surface area contributed by atoms with Crippen molar-refractivity contribution in [2.45, 2.75) is 6.54 Å². The fraction of sp³-hybridized carbons (Fsp3) is 0.300. The summed E-state index contributed by atoms with van der Waals surface area (Å²) < 4.78 is 11.0. The SMILES string of the molecule is COc1nc(NCc2sccc2Br)nc(OC)n1.